The predicted molar refractivity (Wildman–Crippen MR) is 93.4 cm³/mol. The SMILES string of the molecule is Nc1cc(OC2(F)CC(F)(F)C(F)(F)C(F)(Oc3ccc(O)c(N)c3)C2(F)F)ccc1O. The number of aromatic hydroxyl groups is 2. The van der Waals surface area contributed by atoms with E-state index >= 15 is 8.78 Å². The zero-order valence-corrected chi connectivity index (χ0v) is 15.6. The maximum atomic E-state index is 15.2. The fraction of sp³-hybridized carbons (Fsp3) is 0.333. The molecule has 2 unspecified atom stereocenters. The van der Waals surface area contributed by atoms with E-state index < -0.39 is 70.3 Å². The van der Waals surface area contributed by atoms with Crippen molar-refractivity contribution in [3.63, 3.8) is 0 Å². The van der Waals surface area contributed by atoms with Crippen LogP contribution >= 0.6 is 0 Å². The Hall–Kier alpha value is -3.32. The second-order valence-electron chi connectivity index (χ2n) is 7.00. The first-order valence-corrected chi connectivity index (χ1v) is 8.54. The Kier molecular flexibility index (Phi) is 4.99. The number of ether oxygens (including phenoxy) is 2. The molecule has 0 spiro atoms. The van der Waals surface area contributed by atoms with Gasteiger partial charge in [0.2, 0.25) is 0 Å². The van der Waals surface area contributed by atoms with Gasteiger partial charge in [-0.15, -0.1) is 0 Å². The number of halogens is 8. The molecule has 3 rings (SSSR count). The van der Waals surface area contributed by atoms with E-state index in [2.05, 4.69) is 9.47 Å². The Morgan fingerprint density at radius 1 is 0.688 bits per heavy atom. The molecular weight excluding hydrogens is 460 g/mol. The van der Waals surface area contributed by atoms with Crippen LogP contribution in [0.15, 0.2) is 36.4 Å². The average Bonchev–Trinajstić information content (AvgIpc) is 2.66. The van der Waals surface area contributed by atoms with Crippen molar-refractivity contribution >= 4 is 11.4 Å². The molecule has 176 valence electrons. The summed E-state index contributed by atoms with van der Waals surface area (Å²) in [4.78, 5) is 0. The Morgan fingerprint density at radius 3 is 1.56 bits per heavy atom. The number of phenolic OH excluding ortho intramolecular Hbond substituents is 2. The van der Waals surface area contributed by atoms with Gasteiger partial charge in [0.25, 0.3) is 0 Å². The van der Waals surface area contributed by atoms with E-state index in [1.54, 1.807) is 0 Å². The summed E-state index contributed by atoms with van der Waals surface area (Å²) in [6.45, 7) is 0. The molecule has 0 saturated heterocycles. The third-order valence-electron chi connectivity index (χ3n) is 4.72. The molecule has 0 radical (unpaired) electrons. The number of hydrogen-bond acceptors (Lipinski definition) is 6. The first-order chi connectivity index (χ1) is 14.5. The first kappa shape index (κ1) is 23.3. The Morgan fingerprint density at radius 2 is 1.12 bits per heavy atom. The predicted octanol–water partition coefficient (Wildman–Crippen LogP) is 4.36. The maximum absolute atomic E-state index is 15.2. The van der Waals surface area contributed by atoms with E-state index in [0.717, 1.165) is 0 Å². The van der Waals surface area contributed by atoms with E-state index in [4.69, 9.17) is 11.5 Å². The normalized spacial score (nSPS) is 28.1. The van der Waals surface area contributed by atoms with Crippen LogP contribution in [-0.2, 0) is 0 Å². The van der Waals surface area contributed by atoms with Crippen molar-refractivity contribution in [3.05, 3.63) is 36.4 Å². The fourth-order valence-electron chi connectivity index (χ4n) is 2.95. The van der Waals surface area contributed by atoms with Gasteiger partial charge in [-0.25, -0.2) is 0 Å². The molecule has 0 heterocycles. The van der Waals surface area contributed by atoms with Gasteiger partial charge in [0, 0.05) is 12.1 Å². The zero-order valence-electron chi connectivity index (χ0n) is 15.6. The van der Waals surface area contributed by atoms with Crippen LogP contribution in [0.2, 0.25) is 0 Å². The van der Waals surface area contributed by atoms with Gasteiger partial charge in [-0.3, -0.25) is 0 Å². The van der Waals surface area contributed by atoms with Crippen LogP contribution < -0.4 is 20.9 Å². The molecule has 1 fully saturated rings. The van der Waals surface area contributed by atoms with Crippen LogP contribution in [0.3, 0.4) is 0 Å². The lowest BCUT2D eigenvalue weighted by Crippen LogP contribution is -2.79. The Balaban J connectivity index is 2.13. The van der Waals surface area contributed by atoms with Crippen LogP contribution in [0.4, 0.5) is 46.5 Å². The molecule has 0 aliphatic heterocycles. The van der Waals surface area contributed by atoms with Crippen molar-refractivity contribution in [2.24, 2.45) is 0 Å². The van der Waals surface area contributed by atoms with E-state index in [1.165, 1.54) is 0 Å². The van der Waals surface area contributed by atoms with Crippen LogP contribution in [-0.4, -0.2) is 39.7 Å². The zero-order chi connectivity index (χ0) is 24.3. The van der Waals surface area contributed by atoms with Gasteiger partial charge >= 0.3 is 29.5 Å². The lowest BCUT2D eigenvalue weighted by atomic mass is 9.80. The average molecular weight is 474 g/mol. The van der Waals surface area contributed by atoms with Crippen LogP contribution in [0.1, 0.15) is 6.42 Å². The number of benzene rings is 2. The second kappa shape index (κ2) is 6.84. The molecule has 1 saturated carbocycles. The van der Waals surface area contributed by atoms with E-state index in [1.807, 2.05) is 0 Å². The Bertz CT molecular complexity index is 1050. The summed E-state index contributed by atoms with van der Waals surface area (Å²) in [7, 11) is 0. The topological polar surface area (TPSA) is 111 Å². The summed E-state index contributed by atoms with van der Waals surface area (Å²) in [5.74, 6) is -32.6. The van der Waals surface area contributed by atoms with Gasteiger partial charge < -0.3 is 31.2 Å². The minimum atomic E-state index is -6.26. The minimum Gasteiger partial charge on any atom is -0.506 e. The summed E-state index contributed by atoms with van der Waals surface area (Å²) < 4.78 is 125. The largest absolute Gasteiger partial charge is 0.506 e. The van der Waals surface area contributed by atoms with Crippen LogP contribution in [0.25, 0.3) is 0 Å². The maximum Gasteiger partial charge on any atom is 0.390 e. The summed E-state index contributed by atoms with van der Waals surface area (Å²) in [5, 5.41) is 18.6. The first-order valence-electron chi connectivity index (χ1n) is 8.54. The number of nitrogen functional groups attached to an aromatic ring is 2. The van der Waals surface area contributed by atoms with Gasteiger partial charge in [-0.1, -0.05) is 0 Å². The highest BCUT2D eigenvalue weighted by molar-refractivity contribution is 5.56. The quantitative estimate of drug-likeness (QED) is 0.298. The number of rotatable bonds is 4. The third kappa shape index (κ3) is 3.15. The molecule has 0 bridgehead atoms. The Labute approximate surface area is 173 Å². The lowest BCUT2D eigenvalue weighted by Gasteiger charge is -2.50. The highest BCUT2D eigenvalue weighted by atomic mass is 19.3. The van der Waals surface area contributed by atoms with Gasteiger partial charge in [0.05, 0.1) is 17.8 Å². The molecule has 0 amide bonds. The molecule has 2 atom stereocenters. The van der Waals surface area contributed by atoms with Gasteiger partial charge in [-0.2, -0.15) is 35.1 Å². The molecular formula is C18H14F8N2O4. The number of phenols is 2. The van der Waals surface area contributed by atoms with Gasteiger partial charge in [-0.05, 0) is 24.3 Å². The van der Waals surface area contributed by atoms with Crippen molar-refractivity contribution in [2.45, 2.75) is 35.9 Å². The smallest absolute Gasteiger partial charge is 0.390 e. The number of hydrogen-bond donors (Lipinski definition) is 4. The van der Waals surface area contributed by atoms with Crippen molar-refractivity contribution in [1.29, 1.82) is 0 Å². The fourth-order valence-corrected chi connectivity index (χ4v) is 2.95. The number of alkyl halides is 8. The highest BCUT2D eigenvalue weighted by Gasteiger charge is 2.93. The summed E-state index contributed by atoms with van der Waals surface area (Å²) in [6, 6.07) is 3.31. The molecule has 1 aliphatic rings. The lowest BCUT2D eigenvalue weighted by molar-refractivity contribution is -0.461. The highest BCUT2D eigenvalue weighted by Crippen LogP contribution is 2.64. The molecule has 6 nitrogen and oxygen atoms in total. The molecule has 6 N–H and O–H groups in total. The van der Waals surface area contributed by atoms with Crippen molar-refractivity contribution in [3.8, 4) is 23.0 Å². The molecule has 1 aliphatic carbocycles. The molecule has 2 aromatic rings. The van der Waals surface area contributed by atoms with Crippen molar-refractivity contribution in [2.75, 3.05) is 11.5 Å². The molecule has 0 aromatic heterocycles. The van der Waals surface area contributed by atoms with E-state index in [-0.39, 0.29) is 0 Å². The second-order valence-corrected chi connectivity index (χ2v) is 7.00. The third-order valence-corrected chi connectivity index (χ3v) is 4.72. The summed E-state index contributed by atoms with van der Waals surface area (Å²) >= 11 is 0. The van der Waals surface area contributed by atoms with Gasteiger partial charge in [0.15, 0.2) is 0 Å². The van der Waals surface area contributed by atoms with Crippen LogP contribution in [0.5, 0.6) is 23.0 Å². The monoisotopic (exact) mass is 474 g/mol. The van der Waals surface area contributed by atoms with Crippen molar-refractivity contribution < 1.29 is 54.8 Å². The minimum absolute atomic E-state index is 0.386. The van der Waals surface area contributed by atoms with E-state index in [9.17, 15) is 36.6 Å². The summed E-state index contributed by atoms with van der Waals surface area (Å²) in [6.07, 6.45) is -2.96. The molecule has 32 heavy (non-hydrogen) atoms. The van der Waals surface area contributed by atoms with Crippen molar-refractivity contribution in [1.82, 2.24) is 0 Å². The number of nitrogens with two attached hydrogens (primary N) is 2. The van der Waals surface area contributed by atoms with Crippen LogP contribution in [0, 0.1) is 0 Å². The molecule has 2 aromatic carbocycles. The molecule has 14 heteroatoms. The standard InChI is InChI=1S/C18H14F8N2O4/c19-14(20)7-15(21,31-8-1-3-12(29)10(27)5-8)17(24,25)18(26,16(14,22)23)32-9-2-4-13(30)11(28)6-9/h1-6,29-30H,7,27-28H2. The van der Waals surface area contributed by atoms with Gasteiger partial charge in [0.1, 0.15) is 23.0 Å². The van der Waals surface area contributed by atoms with E-state index in [0.29, 0.717) is 36.4 Å². The summed E-state index contributed by atoms with van der Waals surface area (Å²) in [5.41, 5.74) is 9.28. The number of anilines is 2.